The Hall–Kier alpha value is -0.810. The Morgan fingerprint density at radius 1 is 1.47 bits per heavy atom. The van der Waals surface area contributed by atoms with Crippen LogP contribution in [0, 0.1) is 0 Å². The highest BCUT2D eigenvalue weighted by Crippen LogP contribution is 2.11. The fraction of sp³-hybridized carbons (Fsp3) is 0.917. The number of hydrogen-bond acceptors (Lipinski definition) is 5. The quantitative estimate of drug-likeness (QED) is 0.665. The zero-order valence-electron chi connectivity index (χ0n) is 10.4. The molecule has 0 radical (unpaired) electrons. The van der Waals surface area contributed by atoms with E-state index in [0.717, 1.165) is 64.7 Å². The van der Waals surface area contributed by atoms with Gasteiger partial charge in [0.15, 0.2) is 5.96 Å². The van der Waals surface area contributed by atoms with E-state index in [1.807, 2.05) is 0 Å². The van der Waals surface area contributed by atoms with E-state index in [2.05, 4.69) is 15.6 Å². The lowest BCUT2D eigenvalue weighted by Gasteiger charge is -2.16. The first kappa shape index (κ1) is 12.6. The van der Waals surface area contributed by atoms with Crippen LogP contribution in [0.5, 0.6) is 0 Å². The Balaban J connectivity index is 1.42. The number of guanidine groups is 1. The van der Waals surface area contributed by atoms with Crippen molar-refractivity contribution >= 4 is 5.96 Å². The molecule has 5 nitrogen and oxygen atoms in total. The van der Waals surface area contributed by atoms with Crippen LogP contribution in [-0.2, 0) is 9.47 Å². The van der Waals surface area contributed by atoms with Crippen molar-refractivity contribution in [3.8, 4) is 0 Å². The molecular weight excluding hydrogens is 218 g/mol. The Bertz CT molecular complexity index is 240. The molecule has 1 saturated heterocycles. The number of rotatable bonds is 6. The van der Waals surface area contributed by atoms with Crippen LogP contribution in [0.25, 0.3) is 0 Å². The van der Waals surface area contributed by atoms with Crippen LogP contribution in [0.1, 0.15) is 25.7 Å². The molecule has 0 aromatic carbocycles. The average molecular weight is 241 g/mol. The molecule has 1 fully saturated rings. The minimum atomic E-state index is 0.340. The molecule has 0 aromatic heterocycles. The third-order valence-corrected chi connectivity index (χ3v) is 2.98. The van der Waals surface area contributed by atoms with Gasteiger partial charge in [-0.1, -0.05) is 0 Å². The van der Waals surface area contributed by atoms with Crippen LogP contribution in [0.4, 0.5) is 0 Å². The maximum absolute atomic E-state index is 5.58. The molecule has 2 aliphatic rings. The summed E-state index contributed by atoms with van der Waals surface area (Å²) in [6.45, 7) is 5.32. The molecule has 1 atom stereocenters. The molecule has 0 amide bonds. The molecule has 2 N–H and O–H groups in total. The van der Waals surface area contributed by atoms with Crippen LogP contribution >= 0.6 is 0 Å². The van der Waals surface area contributed by atoms with Gasteiger partial charge in [0.05, 0.1) is 12.7 Å². The smallest absolute Gasteiger partial charge is 0.191 e. The molecule has 0 bridgehead atoms. The first-order chi connectivity index (χ1) is 8.45. The summed E-state index contributed by atoms with van der Waals surface area (Å²) in [5.41, 5.74) is 0. The van der Waals surface area contributed by atoms with Gasteiger partial charge >= 0.3 is 0 Å². The lowest BCUT2D eigenvalue weighted by molar-refractivity contribution is 0.0168. The zero-order chi connectivity index (χ0) is 11.8. The largest absolute Gasteiger partial charge is 0.379 e. The minimum Gasteiger partial charge on any atom is -0.379 e. The number of hydrogen-bond donors (Lipinski definition) is 2. The van der Waals surface area contributed by atoms with Gasteiger partial charge in [0.2, 0.25) is 0 Å². The van der Waals surface area contributed by atoms with Crippen LogP contribution in [0.2, 0.25) is 0 Å². The van der Waals surface area contributed by atoms with Crippen molar-refractivity contribution in [3.05, 3.63) is 0 Å². The van der Waals surface area contributed by atoms with E-state index < -0.39 is 0 Å². The Labute approximate surface area is 103 Å². The van der Waals surface area contributed by atoms with Gasteiger partial charge in [0.1, 0.15) is 0 Å². The van der Waals surface area contributed by atoms with Gasteiger partial charge < -0.3 is 20.1 Å². The van der Waals surface area contributed by atoms with Crippen LogP contribution in [-0.4, -0.2) is 51.5 Å². The van der Waals surface area contributed by atoms with Crippen molar-refractivity contribution in [1.29, 1.82) is 0 Å². The molecule has 2 aliphatic heterocycles. The van der Waals surface area contributed by atoms with Gasteiger partial charge in [-0.2, -0.15) is 0 Å². The van der Waals surface area contributed by atoms with Crippen LogP contribution < -0.4 is 10.6 Å². The van der Waals surface area contributed by atoms with Gasteiger partial charge in [-0.05, 0) is 25.7 Å². The number of nitrogens with one attached hydrogen (secondary N) is 2. The van der Waals surface area contributed by atoms with E-state index >= 15 is 0 Å². The van der Waals surface area contributed by atoms with E-state index in [0.29, 0.717) is 6.10 Å². The normalized spacial score (nSPS) is 24.2. The fourth-order valence-corrected chi connectivity index (χ4v) is 2.02. The summed E-state index contributed by atoms with van der Waals surface area (Å²) in [6.07, 6.45) is 4.82. The highest BCUT2D eigenvalue weighted by atomic mass is 16.5. The molecular formula is C12H23N3O2. The molecule has 98 valence electrons. The van der Waals surface area contributed by atoms with Crippen molar-refractivity contribution in [2.75, 3.05) is 39.5 Å². The maximum atomic E-state index is 5.58. The van der Waals surface area contributed by atoms with Crippen LogP contribution in [0.15, 0.2) is 4.99 Å². The lowest BCUT2D eigenvalue weighted by atomic mass is 10.2. The van der Waals surface area contributed by atoms with Crippen LogP contribution in [0.3, 0.4) is 0 Å². The number of nitrogens with zero attached hydrogens (tertiary/aromatic N) is 1. The summed E-state index contributed by atoms with van der Waals surface area (Å²) in [7, 11) is 0. The highest BCUT2D eigenvalue weighted by molar-refractivity contribution is 5.80. The van der Waals surface area contributed by atoms with Crippen molar-refractivity contribution in [2.24, 2.45) is 4.99 Å². The monoisotopic (exact) mass is 241 g/mol. The van der Waals surface area contributed by atoms with Gasteiger partial charge in [-0.15, -0.1) is 0 Å². The number of ether oxygens (including phenoxy) is 2. The first-order valence-corrected chi connectivity index (χ1v) is 6.67. The second-order valence-electron chi connectivity index (χ2n) is 4.50. The molecule has 1 unspecified atom stereocenters. The molecule has 0 spiro atoms. The van der Waals surface area contributed by atoms with Crippen molar-refractivity contribution in [2.45, 2.75) is 31.8 Å². The van der Waals surface area contributed by atoms with Crippen molar-refractivity contribution in [3.63, 3.8) is 0 Å². The Kier molecular flexibility index (Phi) is 5.58. The summed E-state index contributed by atoms with van der Waals surface area (Å²) in [5.74, 6) is 0.940. The Morgan fingerprint density at radius 2 is 2.47 bits per heavy atom. The van der Waals surface area contributed by atoms with E-state index in [9.17, 15) is 0 Å². The topological polar surface area (TPSA) is 54.9 Å². The Morgan fingerprint density at radius 3 is 3.24 bits per heavy atom. The van der Waals surface area contributed by atoms with E-state index in [1.165, 1.54) is 6.42 Å². The maximum Gasteiger partial charge on any atom is 0.191 e. The fourth-order valence-electron chi connectivity index (χ4n) is 2.02. The summed E-state index contributed by atoms with van der Waals surface area (Å²) < 4.78 is 11.1. The zero-order valence-corrected chi connectivity index (χ0v) is 10.4. The van der Waals surface area contributed by atoms with E-state index in [-0.39, 0.29) is 0 Å². The standard InChI is InChI=1S/C12H23N3O2/c1-4-11(17-9-1)10-16-8-3-7-15-12-13-5-2-6-14-12/h11H,1-10H2,(H2,13,14,15). The third-order valence-electron chi connectivity index (χ3n) is 2.98. The van der Waals surface area contributed by atoms with Gasteiger partial charge in [-0.25, -0.2) is 0 Å². The number of aliphatic imine (C=N–C) groups is 1. The minimum absolute atomic E-state index is 0.340. The van der Waals surface area contributed by atoms with Gasteiger partial charge in [0, 0.05) is 32.8 Å². The second-order valence-corrected chi connectivity index (χ2v) is 4.50. The summed E-state index contributed by atoms with van der Waals surface area (Å²) in [6, 6.07) is 0. The molecule has 17 heavy (non-hydrogen) atoms. The third kappa shape index (κ3) is 4.91. The predicted molar refractivity (Wildman–Crippen MR) is 67.3 cm³/mol. The van der Waals surface area contributed by atoms with Gasteiger partial charge in [0.25, 0.3) is 0 Å². The lowest BCUT2D eigenvalue weighted by Crippen LogP contribution is -2.41. The van der Waals surface area contributed by atoms with Gasteiger partial charge in [-0.3, -0.25) is 4.99 Å². The van der Waals surface area contributed by atoms with Crippen molar-refractivity contribution in [1.82, 2.24) is 10.6 Å². The molecule has 2 rings (SSSR count). The molecule has 0 saturated carbocycles. The predicted octanol–water partition coefficient (Wildman–Crippen LogP) is 0.511. The SMILES string of the molecule is C1CN=C(NCCCOCC2CCCO2)NC1. The summed E-state index contributed by atoms with van der Waals surface area (Å²) >= 11 is 0. The van der Waals surface area contributed by atoms with E-state index in [4.69, 9.17) is 9.47 Å². The molecule has 0 aliphatic carbocycles. The van der Waals surface area contributed by atoms with E-state index in [1.54, 1.807) is 0 Å². The molecule has 0 aromatic rings. The average Bonchev–Trinajstić information content (AvgIpc) is 2.88. The van der Waals surface area contributed by atoms with Crippen molar-refractivity contribution < 1.29 is 9.47 Å². The molecule has 5 heteroatoms. The summed E-state index contributed by atoms with van der Waals surface area (Å²) in [4.78, 5) is 4.34. The summed E-state index contributed by atoms with van der Waals surface area (Å²) in [5, 5.41) is 6.51. The second kappa shape index (κ2) is 7.50. The first-order valence-electron chi connectivity index (χ1n) is 6.67. The highest BCUT2D eigenvalue weighted by Gasteiger charge is 2.14. The molecule has 2 heterocycles.